The molecule has 0 unspecified atom stereocenters. The minimum absolute atomic E-state index is 0.0329. The number of rotatable bonds is 2. The maximum Gasteiger partial charge on any atom is 0.221 e. The van der Waals surface area contributed by atoms with Gasteiger partial charge in [0.05, 0.1) is 5.69 Å². The van der Waals surface area contributed by atoms with Crippen LogP contribution in [0.25, 0.3) is 0 Å². The van der Waals surface area contributed by atoms with Crippen LogP contribution in [-0.4, -0.2) is 24.6 Å². The van der Waals surface area contributed by atoms with Crippen LogP contribution in [0.1, 0.15) is 43.7 Å². The van der Waals surface area contributed by atoms with Gasteiger partial charge < -0.3 is 5.73 Å². The predicted octanol–water partition coefficient (Wildman–Crippen LogP) is 1.51. The molecule has 0 aromatic carbocycles. The summed E-state index contributed by atoms with van der Waals surface area (Å²) in [7, 11) is -3.32. The maximum absolute atomic E-state index is 11.5. The number of hydrogen-bond donors (Lipinski definition) is 1. The number of nitrogens with zero attached hydrogens (tertiary/aromatic N) is 2. The number of aromatic nitrogens is 2. The van der Waals surface area contributed by atoms with Crippen LogP contribution in [0.2, 0.25) is 0 Å². The lowest BCUT2D eigenvalue weighted by Crippen LogP contribution is -2.12. The quantitative estimate of drug-likeness (QED) is 0.809. The van der Waals surface area contributed by atoms with Crippen LogP contribution in [0.15, 0.2) is 11.1 Å². The molecule has 94 valence electrons. The van der Waals surface area contributed by atoms with Crippen molar-refractivity contribution >= 4 is 15.8 Å². The maximum atomic E-state index is 11.5. The molecule has 1 aromatic rings. The highest BCUT2D eigenvalue weighted by Gasteiger charge is 2.20. The Kier molecular flexibility index (Phi) is 3.33. The molecule has 0 radical (unpaired) electrons. The third kappa shape index (κ3) is 2.94. The van der Waals surface area contributed by atoms with Crippen LogP contribution >= 0.6 is 0 Å². The molecule has 1 aliphatic rings. The molecule has 1 fully saturated rings. The predicted molar refractivity (Wildman–Crippen MR) is 65.4 cm³/mol. The molecule has 1 aliphatic carbocycles. The summed E-state index contributed by atoms with van der Waals surface area (Å²) in [4.78, 5) is 7.95. The standard InChI is InChI=1S/C11H17N3O2S/c1-17(15,16)10-7-9(13-11(12)14-10)8-5-3-2-4-6-8/h7-8H,2-6H2,1H3,(H2,12,13,14). The zero-order chi connectivity index (χ0) is 12.5. The Morgan fingerprint density at radius 1 is 1.24 bits per heavy atom. The van der Waals surface area contributed by atoms with Gasteiger partial charge in [-0.1, -0.05) is 19.3 Å². The van der Waals surface area contributed by atoms with Gasteiger partial charge in [-0.2, -0.15) is 0 Å². The SMILES string of the molecule is CS(=O)(=O)c1cc(C2CCCCC2)nc(N)n1. The summed E-state index contributed by atoms with van der Waals surface area (Å²) in [5, 5.41) is 0.0329. The Hall–Kier alpha value is -1.17. The number of sulfone groups is 1. The van der Waals surface area contributed by atoms with Gasteiger partial charge in [-0.25, -0.2) is 18.4 Å². The van der Waals surface area contributed by atoms with Crippen LogP contribution < -0.4 is 5.73 Å². The Balaban J connectivity index is 2.37. The van der Waals surface area contributed by atoms with Crippen LogP contribution in [-0.2, 0) is 9.84 Å². The van der Waals surface area contributed by atoms with Crippen molar-refractivity contribution in [1.82, 2.24) is 9.97 Å². The molecule has 2 N–H and O–H groups in total. The molecule has 0 spiro atoms. The fourth-order valence-corrected chi connectivity index (χ4v) is 2.85. The molecule has 1 aromatic heterocycles. The van der Waals surface area contributed by atoms with E-state index in [1.165, 1.54) is 19.3 Å². The summed E-state index contributed by atoms with van der Waals surface area (Å²) in [6.07, 6.45) is 6.83. The summed E-state index contributed by atoms with van der Waals surface area (Å²) < 4.78 is 22.9. The summed E-state index contributed by atoms with van der Waals surface area (Å²) in [6.45, 7) is 0. The Labute approximate surface area is 101 Å². The van der Waals surface area contributed by atoms with Crippen molar-refractivity contribution < 1.29 is 8.42 Å². The largest absolute Gasteiger partial charge is 0.368 e. The summed E-state index contributed by atoms with van der Waals surface area (Å²) in [6, 6.07) is 1.57. The number of hydrogen-bond acceptors (Lipinski definition) is 5. The number of nitrogen functional groups attached to an aromatic ring is 1. The van der Waals surface area contributed by atoms with Crippen molar-refractivity contribution in [2.24, 2.45) is 0 Å². The second-order valence-corrected chi connectivity index (χ2v) is 6.56. The van der Waals surface area contributed by atoms with Crippen LogP contribution in [0.3, 0.4) is 0 Å². The van der Waals surface area contributed by atoms with Crippen LogP contribution in [0, 0.1) is 0 Å². The minimum Gasteiger partial charge on any atom is -0.368 e. The van der Waals surface area contributed by atoms with Gasteiger partial charge in [0.2, 0.25) is 5.95 Å². The first-order valence-corrected chi connectivity index (χ1v) is 7.70. The minimum atomic E-state index is -3.32. The molecule has 0 saturated heterocycles. The van der Waals surface area contributed by atoms with Crippen molar-refractivity contribution in [3.05, 3.63) is 11.8 Å². The van der Waals surface area contributed by atoms with Crippen LogP contribution in [0.4, 0.5) is 5.95 Å². The average Bonchev–Trinajstić information content (AvgIpc) is 2.28. The monoisotopic (exact) mass is 255 g/mol. The van der Waals surface area contributed by atoms with E-state index in [4.69, 9.17) is 5.73 Å². The first-order chi connectivity index (χ1) is 7.97. The Bertz CT molecular complexity index is 507. The van der Waals surface area contributed by atoms with Gasteiger partial charge in [0, 0.05) is 12.2 Å². The van der Waals surface area contributed by atoms with Gasteiger partial charge in [0.15, 0.2) is 14.9 Å². The second-order valence-electron chi connectivity index (χ2n) is 4.60. The molecule has 0 amide bonds. The van der Waals surface area contributed by atoms with Crippen molar-refractivity contribution in [3.8, 4) is 0 Å². The third-order valence-corrected chi connectivity index (χ3v) is 4.11. The highest BCUT2D eigenvalue weighted by molar-refractivity contribution is 7.90. The molecule has 1 saturated carbocycles. The third-order valence-electron chi connectivity index (χ3n) is 3.14. The number of anilines is 1. The van der Waals surface area contributed by atoms with Crippen molar-refractivity contribution in [1.29, 1.82) is 0 Å². The molecule has 17 heavy (non-hydrogen) atoms. The van der Waals surface area contributed by atoms with E-state index in [0.29, 0.717) is 5.92 Å². The molecule has 5 nitrogen and oxygen atoms in total. The van der Waals surface area contributed by atoms with Gasteiger partial charge in [-0.15, -0.1) is 0 Å². The molecular weight excluding hydrogens is 238 g/mol. The summed E-state index contributed by atoms with van der Waals surface area (Å²) in [5.41, 5.74) is 6.35. The molecule has 0 atom stereocenters. The van der Waals surface area contributed by atoms with E-state index >= 15 is 0 Å². The van der Waals surface area contributed by atoms with Gasteiger partial charge in [0.1, 0.15) is 0 Å². The van der Waals surface area contributed by atoms with E-state index in [9.17, 15) is 8.42 Å². The van der Waals surface area contributed by atoms with Gasteiger partial charge in [0.25, 0.3) is 0 Å². The molecular formula is C11H17N3O2S. The highest BCUT2D eigenvalue weighted by atomic mass is 32.2. The first-order valence-electron chi connectivity index (χ1n) is 5.81. The zero-order valence-corrected chi connectivity index (χ0v) is 10.7. The smallest absolute Gasteiger partial charge is 0.221 e. The second kappa shape index (κ2) is 4.60. The van der Waals surface area contributed by atoms with Gasteiger partial charge in [-0.05, 0) is 18.9 Å². The molecule has 2 rings (SSSR count). The lowest BCUT2D eigenvalue weighted by Gasteiger charge is -2.21. The number of nitrogens with two attached hydrogens (primary N) is 1. The highest BCUT2D eigenvalue weighted by Crippen LogP contribution is 2.32. The van der Waals surface area contributed by atoms with E-state index in [0.717, 1.165) is 24.8 Å². The fourth-order valence-electron chi connectivity index (χ4n) is 2.26. The Morgan fingerprint density at radius 2 is 1.88 bits per heavy atom. The lowest BCUT2D eigenvalue weighted by molar-refractivity contribution is 0.435. The van der Waals surface area contributed by atoms with Crippen molar-refractivity contribution in [2.45, 2.75) is 43.0 Å². The zero-order valence-electron chi connectivity index (χ0n) is 9.89. The molecule has 0 aliphatic heterocycles. The Morgan fingerprint density at radius 3 is 2.47 bits per heavy atom. The first kappa shape index (κ1) is 12.3. The van der Waals surface area contributed by atoms with E-state index < -0.39 is 9.84 Å². The van der Waals surface area contributed by atoms with E-state index in [-0.39, 0.29) is 11.0 Å². The molecule has 6 heteroatoms. The summed E-state index contributed by atoms with van der Waals surface area (Å²) in [5.74, 6) is 0.378. The molecule has 0 bridgehead atoms. The van der Waals surface area contributed by atoms with Crippen LogP contribution in [0.5, 0.6) is 0 Å². The van der Waals surface area contributed by atoms with Crippen molar-refractivity contribution in [2.75, 3.05) is 12.0 Å². The van der Waals surface area contributed by atoms with Gasteiger partial charge in [-0.3, -0.25) is 0 Å². The fraction of sp³-hybridized carbons (Fsp3) is 0.636. The normalized spacial score (nSPS) is 18.2. The van der Waals surface area contributed by atoms with Crippen molar-refractivity contribution in [3.63, 3.8) is 0 Å². The average molecular weight is 255 g/mol. The summed E-state index contributed by atoms with van der Waals surface area (Å²) >= 11 is 0. The lowest BCUT2D eigenvalue weighted by atomic mass is 9.87. The topological polar surface area (TPSA) is 85.9 Å². The van der Waals surface area contributed by atoms with Gasteiger partial charge >= 0.3 is 0 Å². The van der Waals surface area contributed by atoms with E-state index in [1.807, 2.05) is 0 Å². The van der Waals surface area contributed by atoms with E-state index in [2.05, 4.69) is 9.97 Å². The van der Waals surface area contributed by atoms with E-state index in [1.54, 1.807) is 6.07 Å². The molecule has 1 heterocycles.